The number of phenolic OH excluding ortho intramolecular Hbond substituents is 2. The third-order valence-corrected chi connectivity index (χ3v) is 5.91. The molecule has 0 saturated carbocycles. The molecular formula is C23H26O5. The first kappa shape index (κ1) is 18.8. The highest BCUT2D eigenvalue weighted by Gasteiger charge is 2.47. The van der Waals surface area contributed by atoms with Crippen LogP contribution in [0.15, 0.2) is 40.9 Å². The molecule has 4 rings (SSSR count). The molecule has 0 unspecified atom stereocenters. The van der Waals surface area contributed by atoms with Crippen molar-refractivity contribution in [1.82, 2.24) is 0 Å². The zero-order valence-electron chi connectivity index (χ0n) is 16.8. The van der Waals surface area contributed by atoms with Crippen LogP contribution in [0.1, 0.15) is 64.9 Å². The topological polar surface area (TPSA) is 83.8 Å². The maximum absolute atomic E-state index is 13.1. The quantitative estimate of drug-likeness (QED) is 0.699. The number of hydrogen-bond donors (Lipinski definition) is 2. The molecule has 2 aliphatic carbocycles. The highest BCUT2D eigenvalue weighted by molar-refractivity contribution is 6.06. The number of carbonyl (C=O) groups is 2. The fourth-order valence-corrected chi connectivity index (χ4v) is 4.73. The van der Waals surface area contributed by atoms with Gasteiger partial charge in [0.2, 0.25) is 0 Å². The van der Waals surface area contributed by atoms with Gasteiger partial charge in [-0.3, -0.25) is 9.59 Å². The molecule has 148 valence electrons. The number of Topliss-reactive ketones (excluding diaryl/α,β-unsaturated/α-hetero) is 2. The number of phenols is 2. The van der Waals surface area contributed by atoms with Crippen molar-refractivity contribution in [3.63, 3.8) is 0 Å². The van der Waals surface area contributed by atoms with Gasteiger partial charge in [0.15, 0.2) is 23.1 Å². The molecular weight excluding hydrogens is 356 g/mol. The van der Waals surface area contributed by atoms with Gasteiger partial charge < -0.3 is 14.9 Å². The highest BCUT2D eigenvalue weighted by atomic mass is 16.5. The van der Waals surface area contributed by atoms with Crippen LogP contribution in [0.2, 0.25) is 0 Å². The summed E-state index contributed by atoms with van der Waals surface area (Å²) in [5.74, 6) is 0.191. The van der Waals surface area contributed by atoms with Crippen molar-refractivity contribution in [3.05, 3.63) is 46.4 Å². The van der Waals surface area contributed by atoms with Crippen LogP contribution in [-0.2, 0) is 14.3 Å². The summed E-state index contributed by atoms with van der Waals surface area (Å²) in [6.07, 6.45) is 2.02. The van der Waals surface area contributed by atoms with Gasteiger partial charge in [0.05, 0.1) is 0 Å². The van der Waals surface area contributed by atoms with E-state index < -0.39 is 5.92 Å². The van der Waals surface area contributed by atoms with Crippen LogP contribution in [0.3, 0.4) is 0 Å². The lowest BCUT2D eigenvalue weighted by atomic mass is 9.65. The molecule has 0 saturated heterocycles. The maximum atomic E-state index is 13.1. The van der Waals surface area contributed by atoms with Gasteiger partial charge in [0.25, 0.3) is 0 Å². The molecule has 0 fully saturated rings. The molecule has 1 heterocycles. The van der Waals surface area contributed by atoms with E-state index in [2.05, 4.69) is 0 Å². The first-order valence-corrected chi connectivity index (χ1v) is 9.70. The number of ketones is 2. The third-order valence-electron chi connectivity index (χ3n) is 5.91. The second-order valence-electron chi connectivity index (χ2n) is 9.84. The minimum atomic E-state index is -0.558. The predicted octanol–water partition coefficient (Wildman–Crippen LogP) is 4.50. The predicted molar refractivity (Wildman–Crippen MR) is 104 cm³/mol. The normalized spacial score (nSPS) is 24.0. The lowest BCUT2D eigenvalue weighted by Gasteiger charge is -2.42. The van der Waals surface area contributed by atoms with Crippen molar-refractivity contribution in [3.8, 4) is 11.5 Å². The zero-order valence-corrected chi connectivity index (χ0v) is 16.8. The third kappa shape index (κ3) is 3.03. The van der Waals surface area contributed by atoms with Crippen LogP contribution in [0.25, 0.3) is 0 Å². The number of benzene rings is 1. The minimum absolute atomic E-state index is 0.0204. The smallest absolute Gasteiger partial charge is 0.163 e. The second-order valence-corrected chi connectivity index (χ2v) is 9.84. The summed E-state index contributed by atoms with van der Waals surface area (Å²) in [5.41, 5.74) is 1.26. The highest BCUT2D eigenvalue weighted by Crippen LogP contribution is 2.53. The Morgan fingerprint density at radius 1 is 0.821 bits per heavy atom. The SMILES string of the molecule is CC1(C)CC(=O)C2=C(C1)OC1=C(C(=O)CC(C)(C)C1)C2c1ccc(O)c(O)c1. The molecule has 2 N–H and O–H groups in total. The second kappa shape index (κ2) is 5.97. The van der Waals surface area contributed by atoms with E-state index in [1.807, 2.05) is 27.7 Å². The molecule has 0 aromatic heterocycles. The largest absolute Gasteiger partial charge is 0.504 e. The van der Waals surface area contributed by atoms with Gasteiger partial charge in [-0.1, -0.05) is 33.8 Å². The van der Waals surface area contributed by atoms with E-state index in [4.69, 9.17) is 4.74 Å². The molecule has 1 aliphatic heterocycles. The van der Waals surface area contributed by atoms with E-state index in [1.54, 1.807) is 6.07 Å². The summed E-state index contributed by atoms with van der Waals surface area (Å²) in [7, 11) is 0. The van der Waals surface area contributed by atoms with Crippen LogP contribution < -0.4 is 0 Å². The molecule has 1 aromatic carbocycles. The van der Waals surface area contributed by atoms with Crippen molar-refractivity contribution >= 4 is 11.6 Å². The molecule has 0 atom stereocenters. The van der Waals surface area contributed by atoms with E-state index in [0.717, 1.165) is 0 Å². The van der Waals surface area contributed by atoms with Gasteiger partial charge >= 0.3 is 0 Å². The fraction of sp³-hybridized carbons (Fsp3) is 0.478. The van der Waals surface area contributed by atoms with Crippen molar-refractivity contribution in [2.24, 2.45) is 10.8 Å². The average Bonchev–Trinajstić information content (AvgIpc) is 2.53. The molecule has 0 bridgehead atoms. The molecule has 0 radical (unpaired) electrons. The molecule has 0 spiro atoms. The first-order valence-electron chi connectivity index (χ1n) is 9.70. The maximum Gasteiger partial charge on any atom is 0.163 e. The first-order chi connectivity index (χ1) is 13.0. The van der Waals surface area contributed by atoms with Crippen LogP contribution in [0.5, 0.6) is 11.5 Å². The van der Waals surface area contributed by atoms with E-state index >= 15 is 0 Å². The lowest BCUT2D eigenvalue weighted by molar-refractivity contribution is -0.120. The van der Waals surface area contributed by atoms with Gasteiger partial charge in [0.1, 0.15) is 11.5 Å². The van der Waals surface area contributed by atoms with Gasteiger partial charge in [-0.2, -0.15) is 0 Å². The van der Waals surface area contributed by atoms with E-state index in [-0.39, 0.29) is 33.9 Å². The van der Waals surface area contributed by atoms with Crippen molar-refractivity contribution in [1.29, 1.82) is 0 Å². The number of ether oxygens (including phenoxy) is 1. The Morgan fingerprint density at radius 3 is 1.79 bits per heavy atom. The average molecular weight is 382 g/mol. The Balaban J connectivity index is 1.93. The van der Waals surface area contributed by atoms with Gasteiger partial charge in [0, 0.05) is 42.7 Å². The minimum Gasteiger partial charge on any atom is -0.504 e. The number of rotatable bonds is 1. The van der Waals surface area contributed by atoms with E-state index in [0.29, 0.717) is 53.9 Å². The number of hydrogen-bond acceptors (Lipinski definition) is 5. The van der Waals surface area contributed by atoms with Crippen LogP contribution in [0, 0.1) is 10.8 Å². The Morgan fingerprint density at radius 2 is 1.32 bits per heavy atom. The molecule has 0 amide bonds. The van der Waals surface area contributed by atoms with Gasteiger partial charge in [-0.25, -0.2) is 0 Å². The molecule has 5 heteroatoms. The van der Waals surface area contributed by atoms with Crippen molar-refractivity contribution in [2.75, 3.05) is 0 Å². The zero-order chi connectivity index (χ0) is 20.4. The Kier molecular flexibility index (Phi) is 4.00. The Bertz CT molecular complexity index is 909. The number of carbonyl (C=O) groups excluding carboxylic acids is 2. The van der Waals surface area contributed by atoms with Crippen LogP contribution >= 0.6 is 0 Å². The summed E-state index contributed by atoms with van der Waals surface area (Å²) < 4.78 is 6.22. The van der Waals surface area contributed by atoms with Crippen LogP contribution in [-0.4, -0.2) is 21.8 Å². The number of allylic oxidation sites excluding steroid dienone is 4. The van der Waals surface area contributed by atoms with Crippen molar-refractivity contribution in [2.45, 2.75) is 59.3 Å². The van der Waals surface area contributed by atoms with E-state index in [9.17, 15) is 19.8 Å². The summed E-state index contributed by atoms with van der Waals surface area (Å²) >= 11 is 0. The molecule has 28 heavy (non-hydrogen) atoms. The monoisotopic (exact) mass is 382 g/mol. The Labute approximate surface area is 164 Å². The molecule has 5 nitrogen and oxygen atoms in total. The summed E-state index contributed by atoms with van der Waals surface area (Å²) in [4.78, 5) is 26.2. The summed E-state index contributed by atoms with van der Waals surface area (Å²) in [6, 6.07) is 4.51. The fourth-order valence-electron chi connectivity index (χ4n) is 4.73. The summed E-state index contributed by atoms with van der Waals surface area (Å²) in [5, 5.41) is 19.8. The Hall–Kier alpha value is -2.56. The van der Waals surface area contributed by atoms with E-state index in [1.165, 1.54) is 12.1 Å². The lowest BCUT2D eigenvalue weighted by Crippen LogP contribution is -2.37. The van der Waals surface area contributed by atoms with Crippen molar-refractivity contribution < 1.29 is 24.5 Å². The number of aromatic hydroxyl groups is 2. The van der Waals surface area contributed by atoms with Gasteiger partial charge in [-0.15, -0.1) is 0 Å². The summed E-state index contributed by atoms with van der Waals surface area (Å²) in [6.45, 7) is 8.16. The van der Waals surface area contributed by atoms with Crippen LogP contribution in [0.4, 0.5) is 0 Å². The van der Waals surface area contributed by atoms with Gasteiger partial charge in [-0.05, 0) is 28.5 Å². The standard InChI is InChI=1S/C23H26O5/c1-22(2)8-15(26)20-17(10-22)28-18-11-23(3,4)9-16(27)21(18)19(20)12-5-6-13(24)14(25)7-12/h5-7,19,24-25H,8-11H2,1-4H3. The molecule has 1 aromatic rings. The molecule has 3 aliphatic rings.